The fourth-order valence-corrected chi connectivity index (χ4v) is 2.30. The molecule has 0 bridgehead atoms. The van der Waals surface area contributed by atoms with Gasteiger partial charge in [0.2, 0.25) is 5.91 Å². The summed E-state index contributed by atoms with van der Waals surface area (Å²) >= 11 is 0. The third kappa shape index (κ3) is 3.26. The van der Waals surface area contributed by atoms with Gasteiger partial charge in [0.15, 0.2) is 0 Å². The van der Waals surface area contributed by atoms with Crippen LogP contribution < -0.4 is 15.4 Å². The highest BCUT2D eigenvalue weighted by Crippen LogP contribution is 2.33. The Morgan fingerprint density at radius 1 is 1.42 bits per heavy atom. The number of ether oxygens (including phenoxy) is 1. The van der Waals surface area contributed by atoms with Crippen LogP contribution in [0, 0.1) is 5.92 Å². The van der Waals surface area contributed by atoms with Gasteiger partial charge in [-0.15, -0.1) is 0 Å². The third-order valence-electron chi connectivity index (χ3n) is 3.34. The van der Waals surface area contributed by atoms with Crippen LogP contribution in [0.5, 0.6) is 5.75 Å². The van der Waals surface area contributed by atoms with Crippen molar-refractivity contribution in [2.75, 3.05) is 19.0 Å². The van der Waals surface area contributed by atoms with E-state index < -0.39 is 0 Å². The van der Waals surface area contributed by atoms with Gasteiger partial charge in [0, 0.05) is 17.3 Å². The minimum atomic E-state index is -0.245. The fraction of sp³-hybridized carbons (Fsp3) is 0.533. The lowest BCUT2D eigenvalue weighted by atomic mass is 10.1. The molecule has 19 heavy (non-hydrogen) atoms. The summed E-state index contributed by atoms with van der Waals surface area (Å²) in [5, 5.41) is 5.87. The van der Waals surface area contributed by atoms with E-state index >= 15 is 0 Å². The first-order valence-electron chi connectivity index (χ1n) is 6.86. The number of rotatable bonds is 6. The van der Waals surface area contributed by atoms with Gasteiger partial charge in [0.25, 0.3) is 0 Å². The number of carbonyl (C=O) groups is 1. The second-order valence-electron chi connectivity index (χ2n) is 5.34. The SMILES string of the molecule is CNC1C(=O)Nc2cc(OCCCC(C)C)ccc21. The van der Waals surface area contributed by atoms with Crippen LogP contribution in [-0.2, 0) is 4.79 Å². The van der Waals surface area contributed by atoms with Gasteiger partial charge in [-0.2, -0.15) is 0 Å². The molecule has 1 heterocycles. The van der Waals surface area contributed by atoms with Gasteiger partial charge in [-0.3, -0.25) is 4.79 Å². The van der Waals surface area contributed by atoms with Crippen molar-refractivity contribution in [1.29, 1.82) is 0 Å². The number of carbonyl (C=O) groups excluding carboxylic acids is 1. The summed E-state index contributed by atoms with van der Waals surface area (Å²) in [4.78, 5) is 11.7. The van der Waals surface area contributed by atoms with E-state index in [0.717, 1.165) is 30.0 Å². The predicted octanol–water partition coefficient (Wildman–Crippen LogP) is 2.71. The number of hydrogen-bond donors (Lipinski definition) is 2. The van der Waals surface area contributed by atoms with E-state index in [0.29, 0.717) is 5.92 Å². The van der Waals surface area contributed by atoms with Gasteiger partial charge in [-0.05, 0) is 31.9 Å². The molecule has 4 nitrogen and oxygen atoms in total. The van der Waals surface area contributed by atoms with Crippen LogP contribution in [0.1, 0.15) is 38.3 Å². The molecule has 0 radical (unpaired) electrons. The standard InChI is InChI=1S/C15H22N2O2/c1-10(2)5-4-8-19-11-6-7-12-13(9-11)17-15(18)14(12)16-3/h6-7,9-10,14,16H,4-5,8H2,1-3H3,(H,17,18). The first-order valence-corrected chi connectivity index (χ1v) is 6.86. The van der Waals surface area contributed by atoms with Gasteiger partial charge in [0.1, 0.15) is 11.8 Å². The minimum absolute atomic E-state index is 0.00513. The second kappa shape index (κ2) is 6.06. The molecule has 1 aromatic carbocycles. The molecule has 104 valence electrons. The van der Waals surface area contributed by atoms with E-state index in [1.165, 1.54) is 6.42 Å². The number of hydrogen-bond acceptors (Lipinski definition) is 3. The summed E-state index contributed by atoms with van der Waals surface area (Å²) in [6, 6.07) is 5.54. The Morgan fingerprint density at radius 3 is 2.89 bits per heavy atom. The molecule has 0 aromatic heterocycles. The number of fused-ring (bicyclic) bond motifs is 1. The number of likely N-dealkylation sites (N-methyl/N-ethyl adjacent to an activating group) is 1. The van der Waals surface area contributed by atoms with Gasteiger partial charge in [-0.25, -0.2) is 0 Å². The molecule has 1 unspecified atom stereocenters. The highest BCUT2D eigenvalue weighted by Gasteiger charge is 2.29. The van der Waals surface area contributed by atoms with Crippen LogP contribution >= 0.6 is 0 Å². The smallest absolute Gasteiger partial charge is 0.246 e. The molecule has 0 aliphatic carbocycles. The van der Waals surface area contributed by atoms with E-state index in [4.69, 9.17) is 4.74 Å². The molecule has 1 aliphatic rings. The molecule has 1 atom stereocenters. The summed E-state index contributed by atoms with van der Waals surface area (Å²) in [7, 11) is 1.79. The summed E-state index contributed by atoms with van der Waals surface area (Å²) < 4.78 is 5.71. The summed E-state index contributed by atoms with van der Waals surface area (Å²) in [6.45, 7) is 5.14. The number of amides is 1. The minimum Gasteiger partial charge on any atom is -0.494 e. The van der Waals surface area contributed by atoms with Crippen molar-refractivity contribution in [2.45, 2.75) is 32.7 Å². The van der Waals surface area contributed by atoms with E-state index in [-0.39, 0.29) is 11.9 Å². The summed E-state index contributed by atoms with van der Waals surface area (Å²) in [5.74, 6) is 1.52. The van der Waals surface area contributed by atoms with E-state index in [1.54, 1.807) is 7.05 Å². The Labute approximate surface area is 114 Å². The van der Waals surface area contributed by atoms with Crippen molar-refractivity contribution in [1.82, 2.24) is 5.32 Å². The molecular formula is C15H22N2O2. The third-order valence-corrected chi connectivity index (χ3v) is 3.34. The second-order valence-corrected chi connectivity index (χ2v) is 5.34. The molecule has 1 amide bonds. The van der Waals surface area contributed by atoms with Crippen molar-refractivity contribution in [3.05, 3.63) is 23.8 Å². The molecule has 0 saturated heterocycles. The van der Waals surface area contributed by atoms with Crippen LogP contribution in [0.25, 0.3) is 0 Å². The van der Waals surface area contributed by atoms with Crippen molar-refractivity contribution in [3.8, 4) is 5.75 Å². The topological polar surface area (TPSA) is 50.4 Å². The quantitative estimate of drug-likeness (QED) is 0.775. The molecule has 1 aromatic rings. The Morgan fingerprint density at radius 2 is 2.21 bits per heavy atom. The Bertz CT molecular complexity index is 457. The summed E-state index contributed by atoms with van der Waals surface area (Å²) in [5.41, 5.74) is 1.84. The highest BCUT2D eigenvalue weighted by atomic mass is 16.5. The van der Waals surface area contributed by atoms with Crippen LogP contribution in [0.4, 0.5) is 5.69 Å². The van der Waals surface area contributed by atoms with Gasteiger partial charge in [0.05, 0.1) is 6.61 Å². The first kappa shape index (κ1) is 13.9. The van der Waals surface area contributed by atoms with Gasteiger partial charge < -0.3 is 15.4 Å². The molecule has 2 N–H and O–H groups in total. The first-order chi connectivity index (χ1) is 9.11. The number of anilines is 1. The molecule has 2 rings (SSSR count). The monoisotopic (exact) mass is 262 g/mol. The van der Waals surface area contributed by atoms with E-state index in [1.807, 2.05) is 18.2 Å². The number of benzene rings is 1. The van der Waals surface area contributed by atoms with Crippen molar-refractivity contribution >= 4 is 11.6 Å². The predicted molar refractivity (Wildman–Crippen MR) is 76.4 cm³/mol. The molecular weight excluding hydrogens is 240 g/mol. The van der Waals surface area contributed by atoms with Gasteiger partial charge in [-0.1, -0.05) is 19.9 Å². The largest absolute Gasteiger partial charge is 0.494 e. The highest BCUT2D eigenvalue weighted by molar-refractivity contribution is 6.02. The van der Waals surface area contributed by atoms with E-state index in [9.17, 15) is 4.79 Å². The number of nitrogens with one attached hydrogen (secondary N) is 2. The normalized spacial score (nSPS) is 17.5. The average Bonchev–Trinajstić information content (AvgIpc) is 2.68. The zero-order valence-corrected chi connectivity index (χ0v) is 11.8. The molecule has 0 saturated carbocycles. The molecule has 4 heteroatoms. The molecule has 1 aliphatic heterocycles. The summed E-state index contributed by atoms with van der Waals surface area (Å²) in [6.07, 6.45) is 2.23. The molecule has 0 spiro atoms. The maximum atomic E-state index is 11.7. The maximum absolute atomic E-state index is 11.7. The van der Waals surface area contributed by atoms with Gasteiger partial charge >= 0.3 is 0 Å². The van der Waals surface area contributed by atoms with Crippen LogP contribution in [0.3, 0.4) is 0 Å². The van der Waals surface area contributed by atoms with E-state index in [2.05, 4.69) is 24.5 Å². The lowest BCUT2D eigenvalue weighted by molar-refractivity contribution is -0.117. The molecule has 0 fully saturated rings. The Hall–Kier alpha value is -1.55. The van der Waals surface area contributed by atoms with Crippen molar-refractivity contribution < 1.29 is 9.53 Å². The Kier molecular flexibility index (Phi) is 4.43. The van der Waals surface area contributed by atoms with Crippen molar-refractivity contribution in [2.24, 2.45) is 5.92 Å². The Balaban J connectivity index is 1.95. The lowest BCUT2D eigenvalue weighted by Crippen LogP contribution is -2.23. The zero-order chi connectivity index (χ0) is 13.8. The van der Waals surface area contributed by atoms with Crippen LogP contribution in [0.2, 0.25) is 0 Å². The van der Waals surface area contributed by atoms with Crippen LogP contribution in [-0.4, -0.2) is 19.6 Å². The average molecular weight is 262 g/mol. The fourth-order valence-electron chi connectivity index (χ4n) is 2.30. The van der Waals surface area contributed by atoms with Crippen LogP contribution in [0.15, 0.2) is 18.2 Å². The lowest BCUT2D eigenvalue weighted by Gasteiger charge is -2.10. The zero-order valence-electron chi connectivity index (χ0n) is 11.8. The maximum Gasteiger partial charge on any atom is 0.246 e. The van der Waals surface area contributed by atoms with Crippen molar-refractivity contribution in [3.63, 3.8) is 0 Å².